The van der Waals surface area contributed by atoms with Gasteiger partial charge in [0.2, 0.25) is 0 Å². The summed E-state index contributed by atoms with van der Waals surface area (Å²) in [6.07, 6.45) is 2.65. The molecule has 0 aromatic heterocycles. The largest absolute Gasteiger partial charge is 0.490 e. The zero-order valence-electron chi connectivity index (χ0n) is 16.9. The summed E-state index contributed by atoms with van der Waals surface area (Å²) in [5, 5.41) is 0. The third kappa shape index (κ3) is 6.58. The number of carbonyl (C=O) groups excluding carboxylic acids is 2. The van der Waals surface area contributed by atoms with Crippen molar-refractivity contribution >= 4 is 17.8 Å². The van der Waals surface area contributed by atoms with Gasteiger partial charge in [-0.3, -0.25) is 9.59 Å². The number of amides is 1. The number of ketones is 1. The van der Waals surface area contributed by atoms with Crippen molar-refractivity contribution < 1.29 is 32.6 Å². The van der Waals surface area contributed by atoms with Crippen LogP contribution < -0.4 is 14.2 Å². The zero-order valence-corrected chi connectivity index (χ0v) is 16.9. The van der Waals surface area contributed by atoms with E-state index in [1.54, 1.807) is 57.4 Å². The van der Waals surface area contributed by atoms with Gasteiger partial charge < -0.3 is 19.1 Å². The minimum absolute atomic E-state index is 0.108. The first-order chi connectivity index (χ1) is 14.3. The maximum absolute atomic E-state index is 12.8. The molecule has 0 radical (unpaired) electrons. The zero-order chi connectivity index (χ0) is 22.1. The molecule has 0 spiro atoms. The lowest BCUT2D eigenvalue weighted by Gasteiger charge is -2.13. The van der Waals surface area contributed by atoms with Crippen molar-refractivity contribution in [3.63, 3.8) is 0 Å². The average molecular weight is 419 g/mol. The number of carbonyl (C=O) groups is 2. The molecular weight excluding hydrogens is 396 g/mol. The highest BCUT2D eigenvalue weighted by Crippen LogP contribution is 2.33. The lowest BCUT2D eigenvalue weighted by molar-refractivity contribution is -0.130. The monoisotopic (exact) mass is 419 g/mol. The van der Waals surface area contributed by atoms with Gasteiger partial charge >= 0.3 is 6.61 Å². The number of hydrogen-bond donors (Lipinski definition) is 0. The fraction of sp³-hybridized carbons (Fsp3) is 0.273. The van der Waals surface area contributed by atoms with Crippen LogP contribution in [0.3, 0.4) is 0 Å². The number of nitrogens with zero attached hydrogens (tertiary/aromatic N) is 1. The van der Waals surface area contributed by atoms with E-state index in [0.717, 1.165) is 0 Å². The van der Waals surface area contributed by atoms with E-state index in [1.807, 2.05) is 0 Å². The van der Waals surface area contributed by atoms with Gasteiger partial charge in [0.15, 0.2) is 23.9 Å². The summed E-state index contributed by atoms with van der Waals surface area (Å²) in [5.41, 5.74) is 0.659. The van der Waals surface area contributed by atoms with Gasteiger partial charge in [-0.25, -0.2) is 0 Å². The van der Waals surface area contributed by atoms with Crippen molar-refractivity contribution in [3.8, 4) is 17.2 Å². The van der Waals surface area contributed by atoms with Crippen LogP contribution in [0.5, 0.6) is 17.2 Å². The second kappa shape index (κ2) is 10.9. The van der Waals surface area contributed by atoms with Gasteiger partial charge in [-0.2, -0.15) is 8.78 Å². The lowest BCUT2D eigenvalue weighted by Crippen LogP contribution is -2.27. The van der Waals surface area contributed by atoms with Crippen molar-refractivity contribution in [1.29, 1.82) is 0 Å². The summed E-state index contributed by atoms with van der Waals surface area (Å²) in [6.45, 7) is -1.13. The number of allylic oxidation sites excluding steroid dienone is 1. The number of ether oxygens (including phenoxy) is 3. The molecule has 0 atom stereocenters. The molecule has 0 aliphatic rings. The number of hydrogen-bond acceptors (Lipinski definition) is 5. The summed E-state index contributed by atoms with van der Waals surface area (Å²) in [5.74, 6) is -0.0402. The van der Waals surface area contributed by atoms with Crippen LogP contribution in [0.25, 0.3) is 6.08 Å². The molecule has 0 heterocycles. The Bertz CT molecular complexity index is 895. The van der Waals surface area contributed by atoms with E-state index in [4.69, 9.17) is 9.47 Å². The van der Waals surface area contributed by atoms with Crippen LogP contribution in [0.4, 0.5) is 8.78 Å². The fourth-order valence-corrected chi connectivity index (χ4v) is 2.40. The minimum Gasteiger partial charge on any atom is -0.490 e. The summed E-state index contributed by atoms with van der Waals surface area (Å²) in [6, 6.07) is 10.9. The Morgan fingerprint density at radius 3 is 2.37 bits per heavy atom. The average Bonchev–Trinajstić information content (AvgIpc) is 2.72. The molecule has 2 aromatic carbocycles. The summed E-state index contributed by atoms with van der Waals surface area (Å²) in [4.78, 5) is 25.4. The highest BCUT2D eigenvalue weighted by atomic mass is 19.3. The van der Waals surface area contributed by atoms with E-state index in [-0.39, 0.29) is 42.0 Å². The molecule has 0 saturated heterocycles. The van der Waals surface area contributed by atoms with Gasteiger partial charge in [0.25, 0.3) is 5.91 Å². The molecule has 0 bridgehead atoms. The SMILES string of the molecule is CCOc1cccc(/C=C/C(=O)c2ccc(OCC(=O)N(C)C)cc2)c1OC(F)F. The topological polar surface area (TPSA) is 65.1 Å². The van der Waals surface area contributed by atoms with E-state index >= 15 is 0 Å². The minimum atomic E-state index is -3.03. The maximum Gasteiger partial charge on any atom is 0.387 e. The molecule has 30 heavy (non-hydrogen) atoms. The molecule has 0 N–H and O–H groups in total. The Morgan fingerprint density at radius 1 is 1.07 bits per heavy atom. The second-order valence-corrected chi connectivity index (χ2v) is 6.28. The van der Waals surface area contributed by atoms with Crippen molar-refractivity contribution in [2.45, 2.75) is 13.5 Å². The maximum atomic E-state index is 12.8. The van der Waals surface area contributed by atoms with Crippen LogP contribution in [0.15, 0.2) is 48.5 Å². The lowest BCUT2D eigenvalue weighted by atomic mass is 10.1. The first-order valence-electron chi connectivity index (χ1n) is 9.17. The van der Waals surface area contributed by atoms with Gasteiger partial charge in [0, 0.05) is 25.2 Å². The number of halogens is 2. The molecule has 8 heteroatoms. The van der Waals surface area contributed by atoms with E-state index in [9.17, 15) is 18.4 Å². The number of rotatable bonds is 10. The van der Waals surface area contributed by atoms with E-state index in [2.05, 4.69) is 4.74 Å². The number of benzene rings is 2. The van der Waals surface area contributed by atoms with Crippen LogP contribution in [0.2, 0.25) is 0 Å². The molecule has 0 aliphatic carbocycles. The third-order valence-electron chi connectivity index (χ3n) is 3.93. The summed E-state index contributed by atoms with van der Waals surface area (Å²) in [7, 11) is 3.25. The second-order valence-electron chi connectivity index (χ2n) is 6.28. The van der Waals surface area contributed by atoms with Crippen molar-refractivity contribution in [1.82, 2.24) is 4.90 Å². The van der Waals surface area contributed by atoms with Gasteiger partial charge in [0.05, 0.1) is 6.61 Å². The van der Waals surface area contributed by atoms with Crippen molar-refractivity contribution in [2.24, 2.45) is 0 Å². The molecule has 0 unspecified atom stereocenters. The standard InChI is InChI=1S/C22H23F2NO5/c1-4-28-19-7-5-6-16(21(19)30-22(23)24)10-13-18(26)15-8-11-17(12-9-15)29-14-20(27)25(2)3/h5-13,22H,4,14H2,1-3H3/b13-10+. The molecule has 0 aliphatic heterocycles. The Balaban J connectivity index is 2.12. The molecule has 1 amide bonds. The Kier molecular flexibility index (Phi) is 8.34. The normalized spacial score (nSPS) is 10.9. The van der Waals surface area contributed by atoms with Crippen LogP contribution in [0, 0.1) is 0 Å². The smallest absolute Gasteiger partial charge is 0.387 e. The van der Waals surface area contributed by atoms with E-state index in [1.165, 1.54) is 23.1 Å². The molecule has 2 rings (SSSR count). The Hall–Kier alpha value is -3.42. The fourth-order valence-electron chi connectivity index (χ4n) is 2.40. The van der Waals surface area contributed by atoms with Gasteiger partial charge in [0.1, 0.15) is 5.75 Å². The van der Waals surface area contributed by atoms with E-state index < -0.39 is 6.61 Å². The van der Waals surface area contributed by atoms with Crippen LogP contribution in [0.1, 0.15) is 22.8 Å². The summed E-state index contributed by atoms with van der Waals surface area (Å²) >= 11 is 0. The first kappa shape index (κ1) is 22.9. The predicted molar refractivity (Wildman–Crippen MR) is 108 cm³/mol. The first-order valence-corrected chi connectivity index (χ1v) is 9.17. The molecule has 2 aromatic rings. The molecule has 0 saturated carbocycles. The van der Waals surface area contributed by atoms with Gasteiger partial charge in [-0.15, -0.1) is 0 Å². The highest BCUT2D eigenvalue weighted by Gasteiger charge is 2.14. The highest BCUT2D eigenvalue weighted by molar-refractivity contribution is 6.07. The number of alkyl halides is 2. The number of para-hydroxylation sites is 1. The molecule has 160 valence electrons. The Labute approximate surface area is 173 Å². The third-order valence-corrected chi connectivity index (χ3v) is 3.93. The number of likely N-dealkylation sites (N-methyl/N-ethyl adjacent to an activating group) is 1. The summed E-state index contributed by atoms with van der Waals surface area (Å²) < 4.78 is 40.8. The van der Waals surface area contributed by atoms with Crippen molar-refractivity contribution in [3.05, 3.63) is 59.7 Å². The van der Waals surface area contributed by atoms with E-state index in [0.29, 0.717) is 11.3 Å². The molecule has 0 fully saturated rings. The van der Waals surface area contributed by atoms with Gasteiger partial charge in [-0.05, 0) is 49.4 Å². The van der Waals surface area contributed by atoms with Crippen molar-refractivity contribution in [2.75, 3.05) is 27.3 Å². The Morgan fingerprint density at radius 2 is 1.77 bits per heavy atom. The van der Waals surface area contributed by atoms with Crippen LogP contribution >= 0.6 is 0 Å². The molecule has 6 nitrogen and oxygen atoms in total. The predicted octanol–water partition coefficient (Wildman–Crippen LogP) is 4.05. The van der Waals surface area contributed by atoms with Gasteiger partial charge in [-0.1, -0.05) is 12.1 Å². The molecular formula is C22H23F2NO5. The van der Waals surface area contributed by atoms with Crippen LogP contribution in [-0.4, -0.2) is 50.5 Å². The quantitative estimate of drug-likeness (QED) is 0.429. The van der Waals surface area contributed by atoms with Crippen LogP contribution in [-0.2, 0) is 4.79 Å².